The Labute approximate surface area is 57.5 Å². The molecule has 0 bridgehead atoms. The van der Waals surface area contributed by atoms with Gasteiger partial charge in [0.2, 0.25) is 0 Å². The van der Waals surface area contributed by atoms with E-state index in [-0.39, 0.29) is 5.97 Å². The number of esters is 1. The van der Waals surface area contributed by atoms with Gasteiger partial charge in [-0.25, -0.2) is 4.99 Å². The summed E-state index contributed by atoms with van der Waals surface area (Å²) >= 11 is 1.48. The summed E-state index contributed by atoms with van der Waals surface area (Å²) in [6, 6.07) is 0. The molecule has 0 saturated heterocycles. The molecule has 0 radical (unpaired) electrons. The number of thioether (sulfide) groups is 1. The molecule has 0 saturated carbocycles. The van der Waals surface area contributed by atoms with Crippen LogP contribution < -0.4 is 0 Å². The SMILES string of the molecule is CC(=O)OC1=NCCS1. The molecule has 0 fully saturated rings. The van der Waals surface area contributed by atoms with Crippen LogP contribution in [-0.4, -0.2) is 23.5 Å². The lowest BCUT2D eigenvalue weighted by Gasteiger charge is -1.94. The molecule has 0 unspecified atom stereocenters. The van der Waals surface area contributed by atoms with Crippen LogP contribution in [0.1, 0.15) is 6.92 Å². The quantitative estimate of drug-likeness (QED) is 0.470. The van der Waals surface area contributed by atoms with Gasteiger partial charge >= 0.3 is 5.97 Å². The zero-order valence-electron chi connectivity index (χ0n) is 5.09. The van der Waals surface area contributed by atoms with Crippen LogP contribution in [0.3, 0.4) is 0 Å². The Morgan fingerprint density at radius 2 is 2.67 bits per heavy atom. The van der Waals surface area contributed by atoms with E-state index in [0.717, 1.165) is 12.3 Å². The molecule has 9 heavy (non-hydrogen) atoms. The van der Waals surface area contributed by atoms with Gasteiger partial charge in [0.25, 0.3) is 5.23 Å². The van der Waals surface area contributed by atoms with Gasteiger partial charge in [0.05, 0.1) is 6.54 Å². The Kier molecular flexibility index (Phi) is 2.10. The van der Waals surface area contributed by atoms with Crippen LogP contribution in [0.2, 0.25) is 0 Å². The molecule has 0 spiro atoms. The van der Waals surface area contributed by atoms with Gasteiger partial charge in [0.1, 0.15) is 0 Å². The zero-order chi connectivity index (χ0) is 6.69. The molecular formula is C5H7NO2S. The molecule has 4 heteroatoms. The van der Waals surface area contributed by atoms with Gasteiger partial charge in [-0.05, 0) is 0 Å². The van der Waals surface area contributed by atoms with E-state index < -0.39 is 0 Å². The van der Waals surface area contributed by atoms with E-state index >= 15 is 0 Å². The highest BCUT2D eigenvalue weighted by Gasteiger charge is 2.09. The molecule has 0 atom stereocenters. The van der Waals surface area contributed by atoms with Crippen LogP contribution in [0.15, 0.2) is 4.99 Å². The fraction of sp³-hybridized carbons (Fsp3) is 0.600. The van der Waals surface area contributed by atoms with Crippen LogP contribution in [0.25, 0.3) is 0 Å². The number of aliphatic imine (C=N–C) groups is 1. The number of hydrogen-bond acceptors (Lipinski definition) is 4. The van der Waals surface area contributed by atoms with Crippen molar-refractivity contribution < 1.29 is 9.53 Å². The van der Waals surface area contributed by atoms with Gasteiger partial charge < -0.3 is 4.74 Å². The molecule has 50 valence electrons. The number of carbonyl (C=O) groups is 1. The average molecular weight is 145 g/mol. The smallest absolute Gasteiger partial charge is 0.309 e. The first kappa shape index (κ1) is 6.61. The van der Waals surface area contributed by atoms with Crippen molar-refractivity contribution in [1.29, 1.82) is 0 Å². The first-order valence-corrected chi connectivity index (χ1v) is 3.63. The second-order valence-corrected chi connectivity index (χ2v) is 2.64. The van der Waals surface area contributed by atoms with Crippen molar-refractivity contribution in [2.45, 2.75) is 6.92 Å². The molecule has 0 aromatic heterocycles. The molecule has 0 aromatic rings. The summed E-state index contributed by atoms with van der Waals surface area (Å²) in [5, 5.41) is 0.516. The predicted octanol–water partition coefficient (Wildman–Crippen LogP) is 0.652. The Morgan fingerprint density at radius 3 is 3.11 bits per heavy atom. The summed E-state index contributed by atoms with van der Waals surface area (Å²) in [5.74, 6) is 0.644. The van der Waals surface area contributed by atoms with E-state index in [2.05, 4.69) is 9.73 Å². The van der Waals surface area contributed by atoms with E-state index in [1.165, 1.54) is 18.7 Å². The Morgan fingerprint density at radius 1 is 1.89 bits per heavy atom. The monoisotopic (exact) mass is 145 g/mol. The Bertz CT molecular complexity index is 155. The zero-order valence-corrected chi connectivity index (χ0v) is 5.90. The largest absolute Gasteiger partial charge is 0.402 e. The van der Waals surface area contributed by atoms with Crippen LogP contribution in [0.5, 0.6) is 0 Å². The average Bonchev–Trinajstić information content (AvgIpc) is 2.15. The second kappa shape index (κ2) is 2.87. The van der Waals surface area contributed by atoms with E-state index in [0.29, 0.717) is 5.23 Å². The van der Waals surface area contributed by atoms with Gasteiger partial charge in [-0.3, -0.25) is 4.79 Å². The maximum atomic E-state index is 10.3. The second-order valence-electron chi connectivity index (χ2n) is 1.59. The number of hydrogen-bond donors (Lipinski definition) is 0. The Hall–Kier alpha value is -0.510. The number of ether oxygens (including phenoxy) is 1. The molecule has 0 aromatic carbocycles. The fourth-order valence-corrected chi connectivity index (χ4v) is 1.22. The number of carbonyl (C=O) groups excluding carboxylic acids is 1. The van der Waals surface area contributed by atoms with E-state index in [1.54, 1.807) is 0 Å². The third-order valence-electron chi connectivity index (χ3n) is 0.789. The highest BCUT2D eigenvalue weighted by Crippen LogP contribution is 2.11. The molecule has 1 heterocycles. The van der Waals surface area contributed by atoms with E-state index in [9.17, 15) is 4.79 Å². The van der Waals surface area contributed by atoms with Crippen molar-refractivity contribution in [1.82, 2.24) is 0 Å². The summed E-state index contributed by atoms with van der Waals surface area (Å²) in [5.41, 5.74) is 0. The van der Waals surface area contributed by atoms with Crippen LogP contribution >= 0.6 is 11.8 Å². The maximum absolute atomic E-state index is 10.3. The third kappa shape index (κ3) is 2.05. The summed E-state index contributed by atoms with van der Waals surface area (Å²) in [4.78, 5) is 14.2. The molecular weight excluding hydrogens is 138 g/mol. The lowest BCUT2D eigenvalue weighted by molar-refractivity contribution is -0.132. The maximum Gasteiger partial charge on any atom is 0.309 e. The van der Waals surface area contributed by atoms with Crippen molar-refractivity contribution >= 4 is 23.0 Å². The third-order valence-corrected chi connectivity index (χ3v) is 1.63. The summed E-state index contributed by atoms with van der Waals surface area (Å²) in [6.07, 6.45) is 0. The summed E-state index contributed by atoms with van der Waals surface area (Å²) in [6.45, 7) is 2.15. The summed E-state index contributed by atoms with van der Waals surface area (Å²) in [7, 11) is 0. The minimum Gasteiger partial charge on any atom is -0.402 e. The standard InChI is InChI=1S/C5H7NO2S/c1-4(7)8-5-6-2-3-9-5/h2-3H2,1H3. The molecule has 3 nitrogen and oxygen atoms in total. The highest BCUT2D eigenvalue weighted by atomic mass is 32.2. The molecule has 0 N–H and O–H groups in total. The van der Waals surface area contributed by atoms with Gasteiger partial charge in [-0.1, -0.05) is 11.8 Å². The molecule has 1 aliphatic rings. The van der Waals surface area contributed by atoms with E-state index in [1.807, 2.05) is 0 Å². The minimum atomic E-state index is -0.289. The van der Waals surface area contributed by atoms with Gasteiger partial charge in [-0.15, -0.1) is 0 Å². The van der Waals surface area contributed by atoms with Gasteiger partial charge in [0.15, 0.2) is 0 Å². The van der Waals surface area contributed by atoms with Crippen molar-refractivity contribution in [2.75, 3.05) is 12.3 Å². The molecule has 1 aliphatic heterocycles. The first-order valence-electron chi connectivity index (χ1n) is 2.65. The minimum absolute atomic E-state index is 0.289. The molecule has 0 aliphatic carbocycles. The lowest BCUT2D eigenvalue weighted by Crippen LogP contribution is -2.02. The topological polar surface area (TPSA) is 38.7 Å². The summed E-state index contributed by atoms with van der Waals surface area (Å²) < 4.78 is 4.69. The predicted molar refractivity (Wildman–Crippen MR) is 36.5 cm³/mol. The highest BCUT2D eigenvalue weighted by molar-refractivity contribution is 8.13. The van der Waals surface area contributed by atoms with Crippen LogP contribution in [0.4, 0.5) is 0 Å². The number of nitrogens with zero attached hydrogens (tertiary/aromatic N) is 1. The Balaban J connectivity index is 2.35. The molecule has 1 rings (SSSR count). The number of rotatable bonds is 0. The lowest BCUT2D eigenvalue weighted by atomic mass is 10.8. The normalized spacial score (nSPS) is 17.2. The van der Waals surface area contributed by atoms with E-state index in [4.69, 9.17) is 0 Å². The van der Waals surface area contributed by atoms with Crippen LogP contribution in [0, 0.1) is 0 Å². The van der Waals surface area contributed by atoms with Gasteiger partial charge in [0, 0.05) is 12.7 Å². The van der Waals surface area contributed by atoms with Gasteiger partial charge in [-0.2, -0.15) is 0 Å². The van der Waals surface area contributed by atoms with Crippen molar-refractivity contribution in [3.05, 3.63) is 0 Å². The first-order chi connectivity index (χ1) is 4.29. The van der Waals surface area contributed by atoms with Crippen LogP contribution in [-0.2, 0) is 9.53 Å². The van der Waals surface area contributed by atoms with Crippen molar-refractivity contribution in [2.24, 2.45) is 4.99 Å². The fourth-order valence-electron chi connectivity index (χ4n) is 0.500. The van der Waals surface area contributed by atoms with Crippen molar-refractivity contribution in [3.63, 3.8) is 0 Å². The van der Waals surface area contributed by atoms with Crippen molar-refractivity contribution in [3.8, 4) is 0 Å². The molecule has 0 amide bonds.